The molecular weight excluding hydrogens is 306 g/mol. The fourth-order valence-electron chi connectivity index (χ4n) is 2.20. The third-order valence-electron chi connectivity index (χ3n) is 3.61. The van der Waals surface area contributed by atoms with Crippen molar-refractivity contribution in [3.63, 3.8) is 0 Å². The highest BCUT2D eigenvalue weighted by Gasteiger charge is 2.37. The molecule has 4 N–H and O–H groups in total. The van der Waals surface area contributed by atoms with Gasteiger partial charge in [-0.3, -0.25) is 9.35 Å². The van der Waals surface area contributed by atoms with Crippen LogP contribution in [0.2, 0.25) is 0 Å². The number of carboxylic acid groups (broad SMARTS) is 1. The molecule has 0 aliphatic carbocycles. The lowest BCUT2D eigenvalue weighted by Crippen LogP contribution is -2.47. The molecule has 1 rings (SSSR count). The largest absolute Gasteiger partial charge is 0.478 e. The summed E-state index contributed by atoms with van der Waals surface area (Å²) in [6.45, 7) is 2.05. The van der Waals surface area contributed by atoms with Gasteiger partial charge in [0.15, 0.2) is 0 Å². The SMILES string of the molecule is CCCCCCCS(=O)(O)(C(N)=O)c1cccc(C(=O)O)c1. The maximum absolute atomic E-state index is 13.0. The Balaban J connectivity index is 3.08. The first-order valence-corrected chi connectivity index (χ1v) is 9.34. The fraction of sp³-hybridized carbons (Fsp3) is 0.467. The third kappa shape index (κ3) is 3.92. The zero-order valence-corrected chi connectivity index (χ0v) is 13.5. The van der Waals surface area contributed by atoms with Gasteiger partial charge < -0.3 is 10.8 Å². The van der Waals surface area contributed by atoms with Gasteiger partial charge >= 0.3 is 11.2 Å². The van der Waals surface area contributed by atoms with E-state index in [1.54, 1.807) is 0 Å². The first kappa shape index (κ1) is 18.3. The molecule has 124 valence electrons. The lowest BCUT2D eigenvalue weighted by Gasteiger charge is -2.39. The summed E-state index contributed by atoms with van der Waals surface area (Å²) >= 11 is 0. The molecule has 0 heterocycles. The van der Waals surface area contributed by atoms with Crippen LogP contribution in [0.5, 0.6) is 0 Å². The van der Waals surface area contributed by atoms with Crippen LogP contribution in [0.4, 0.5) is 4.79 Å². The van der Waals surface area contributed by atoms with E-state index in [1.807, 2.05) is 0 Å². The molecule has 0 aliphatic rings. The molecule has 6 nitrogen and oxygen atoms in total. The number of nitrogens with two attached hydrogens (primary N) is 1. The first-order chi connectivity index (χ1) is 10.2. The molecule has 0 spiro atoms. The fourth-order valence-corrected chi connectivity index (χ4v) is 4.34. The zero-order chi connectivity index (χ0) is 16.8. The third-order valence-corrected chi connectivity index (χ3v) is 6.71. The summed E-state index contributed by atoms with van der Waals surface area (Å²) in [5, 5.41) is 7.67. The van der Waals surface area contributed by atoms with Crippen molar-refractivity contribution in [3.05, 3.63) is 29.8 Å². The summed E-state index contributed by atoms with van der Waals surface area (Å²) in [7, 11) is -4.92. The van der Waals surface area contributed by atoms with E-state index < -0.39 is 20.6 Å². The molecule has 0 saturated heterocycles. The molecule has 1 aromatic carbocycles. The number of unbranched alkanes of at least 4 members (excludes halogenated alkanes) is 4. The Morgan fingerprint density at radius 3 is 2.36 bits per heavy atom. The van der Waals surface area contributed by atoms with Gasteiger partial charge in [0.2, 0.25) is 0 Å². The number of carbonyl (C=O) groups is 2. The van der Waals surface area contributed by atoms with Gasteiger partial charge in [-0.1, -0.05) is 48.0 Å². The van der Waals surface area contributed by atoms with E-state index in [9.17, 15) is 18.4 Å². The summed E-state index contributed by atoms with van der Waals surface area (Å²) in [4.78, 5) is 22.5. The van der Waals surface area contributed by atoms with Crippen molar-refractivity contribution >= 4 is 20.6 Å². The molecule has 0 radical (unpaired) electrons. The van der Waals surface area contributed by atoms with Crippen molar-refractivity contribution < 1.29 is 23.5 Å². The van der Waals surface area contributed by atoms with Crippen LogP contribution in [0.3, 0.4) is 0 Å². The van der Waals surface area contributed by atoms with Crippen LogP contribution in [-0.4, -0.2) is 30.8 Å². The average molecular weight is 329 g/mol. The summed E-state index contributed by atoms with van der Waals surface area (Å²) < 4.78 is 23.6. The van der Waals surface area contributed by atoms with Crippen molar-refractivity contribution in [2.24, 2.45) is 5.73 Å². The minimum absolute atomic E-state index is 0.155. The zero-order valence-electron chi connectivity index (χ0n) is 12.7. The Morgan fingerprint density at radius 2 is 1.82 bits per heavy atom. The van der Waals surface area contributed by atoms with E-state index in [4.69, 9.17) is 10.8 Å². The molecule has 0 bridgehead atoms. The number of rotatable bonds is 8. The van der Waals surface area contributed by atoms with E-state index >= 15 is 0 Å². The number of hydrogen-bond donors (Lipinski definition) is 3. The summed E-state index contributed by atoms with van der Waals surface area (Å²) in [5.74, 6) is -1.51. The Labute approximate surface area is 129 Å². The average Bonchev–Trinajstić information content (AvgIpc) is 2.47. The Kier molecular flexibility index (Phi) is 5.85. The topological polar surface area (TPSA) is 118 Å². The van der Waals surface area contributed by atoms with Gasteiger partial charge in [0.05, 0.1) is 10.5 Å². The number of aromatic carboxylic acids is 1. The summed E-state index contributed by atoms with van der Waals surface area (Å²) in [6, 6.07) is 4.95. The molecule has 7 heteroatoms. The van der Waals surface area contributed by atoms with Crippen molar-refractivity contribution in [3.8, 4) is 0 Å². The number of benzene rings is 1. The Morgan fingerprint density at radius 1 is 1.18 bits per heavy atom. The summed E-state index contributed by atoms with van der Waals surface area (Å²) in [6.07, 6.45) is 4.06. The van der Waals surface area contributed by atoms with Crippen LogP contribution in [-0.2, 0) is 9.35 Å². The molecule has 0 saturated carbocycles. The number of carbonyl (C=O) groups excluding carboxylic acids is 1. The Bertz CT molecular complexity index is 628. The molecule has 0 fully saturated rings. The van der Waals surface area contributed by atoms with Crippen LogP contribution in [0.15, 0.2) is 29.2 Å². The first-order valence-electron chi connectivity index (χ1n) is 7.25. The molecule has 0 unspecified atom stereocenters. The monoisotopic (exact) mass is 329 g/mol. The van der Waals surface area contributed by atoms with Crippen LogP contribution in [0, 0.1) is 0 Å². The van der Waals surface area contributed by atoms with E-state index in [-0.39, 0.29) is 16.2 Å². The number of carboxylic acids is 1. The van der Waals surface area contributed by atoms with Crippen molar-refractivity contribution in [2.75, 3.05) is 5.75 Å². The van der Waals surface area contributed by atoms with Gasteiger partial charge in [-0.15, -0.1) is 0 Å². The molecule has 0 aromatic heterocycles. The van der Waals surface area contributed by atoms with Crippen LogP contribution in [0.1, 0.15) is 49.4 Å². The number of primary amides is 1. The van der Waals surface area contributed by atoms with Gasteiger partial charge in [0, 0.05) is 5.75 Å². The minimum atomic E-state index is -4.92. The maximum Gasteiger partial charge on any atom is 0.335 e. The van der Waals surface area contributed by atoms with Gasteiger partial charge in [-0.25, -0.2) is 4.79 Å². The van der Waals surface area contributed by atoms with Gasteiger partial charge in [-0.2, -0.15) is 4.21 Å². The van der Waals surface area contributed by atoms with Gasteiger partial charge in [-0.05, 0) is 24.6 Å². The van der Waals surface area contributed by atoms with Gasteiger partial charge in [0.25, 0.3) is 0 Å². The lowest BCUT2D eigenvalue weighted by atomic mass is 10.2. The maximum atomic E-state index is 13.0. The van der Waals surface area contributed by atoms with Crippen molar-refractivity contribution in [1.82, 2.24) is 0 Å². The standard InChI is InChI=1S/C15H23NO5S/c1-2-3-4-5-6-10-22(20,21,15(16)19)13-9-7-8-12(11-13)14(17)18/h7-9,11H,2-6,10H2,1H3,(H2,16,19)(H,17,18)(H,20,21). The highest BCUT2D eigenvalue weighted by atomic mass is 32.3. The summed E-state index contributed by atoms with van der Waals surface area (Å²) in [5.41, 5.74) is 5.05. The second kappa shape index (κ2) is 7.02. The molecule has 0 atom stereocenters. The molecule has 0 aliphatic heterocycles. The molecular formula is C15H23NO5S. The van der Waals surface area contributed by atoms with Crippen LogP contribution < -0.4 is 5.73 Å². The number of amides is 1. The lowest BCUT2D eigenvalue weighted by molar-refractivity contribution is 0.0696. The predicted octanol–water partition coefficient (Wildman–Crippen LogP) is 3.09. The molecule has 1 amide bonds. The quantitative estimate of drug-likeness (QED) is 0.633. The van der Waals surface area contributed by atoms with Crippen molar-refractivity contribution in [1.29, 1.82) is 0 Å². The van der Waals surface area contributed by atoms with Crippen LogP contribution in [0.25, 0.3) is 0 Å². The Hall–Kier alpha value is -1.73. The number of hydrogen-bond acceptors (Lipinski definition) is 3. The highest BCUT2D eigenvalue weighted by Crippen LogP contribution is 2.34. The second-order valence-electron chi connectivity index (χ2n) is 5.33. The molecule has 1 aromatic rings. The van der Waals surface area contributed by atoms with Gasteiger partial charge in [0.1, 0.15) is 0 Å². The smallest absolute Gasteiger partial charge is 0.335 e. The second-order valence-corrected chi connectivity index (χ2v) is 8.74. The highest BCUT2D eigenvalue weighted by molar-refractivity contribution is 8.27. The van der Waals surface area contributed by atoms with E-state index in [0.717, 1.165) is 31.7 Å². The van der Waals surface area contributed by atoms with E-state index in [1.165, 1.54) is 18.2 Å². The van der Waals surface area contributed by atoms with Crippen LogP contribution >= 0.6 is 0 Å². The molecule has 22 heavy (non-hydrogen) atoms. The predicted molar refractivity (Wildman–Crippen MR) is 85.6 cm³/mol. The van der Waals surface area contributed by atoms with E-state index in [0.29, 0.717) is 6.42 Å². The van der Waals surface area contributed by atoms with Crippen molar-refractivity contribution in [2.45, 2.75) is 43.9 Å². The normalized spacial score (nSPS) is 13.3. The van der Waals surface area contributed by atoms with E-state index in [2.05, 4.69) is 6.92 Å². The minimum Gasteiger partial charge on any atom is -0.478 e.